The van der Waals surface area contributed by atoms with Gasteiger partial charge >= 0.3 is 0 Å². The summed E-state index contributed by atoms with van der Waals surface area (Å²) < 4.78 is 0. The van der Waals surface area contributed by atoms with Crippen LogP contribution in [0, 0.1) is 35.5 Å². The van der Waals surface area contributed by atoms with E-state index in [0.717, 1.165) is 11.8 Å². The van der Waals surface area contributed by atoms with Crippen LogP contribution < -0.4 is 0 Å². The summed E-state index contributed by atoms with van der Waals surface area (Å²) >= 11 is 0. The Morgan fingerprint density at radius 3 is 1.76 bits per heavy atom. The van der Waals surface area contributed by atoms with E-state index in [1.807, 2.05) is 0 Å². The van der Waals surface area contributed by atoms with Crippen molar-refractivity contribution >= 4 is 0 Å². The minimum Gasteiger partial charge on any atom is -0.0651 e. The van der Waals surface area contributed by atoms with Crippen LogP contribution in [-0.4, -0.2) is 0 Å². The molecule has 1 radical (unpaired) electrons. The molecule has 0 heteroatoms. The minimum absolute atomic E-state index is 0.462. The van der Waals surface area contributed by atoms with Crippen molar-refractivity contribution in [2.45, 2.75) is 100 Å². The monoisotopic (exact) mass is 295 g/mol. The topological polar surface area (TPSA) is 0 Å². The first kappa shape index (κ1) is 21.0. The molecule has 0 fully saturated rings. The molecule has 0 saturated carbocycles. The predicted molar refractivity (Wildman–Crippen MR) is 98.4 cm³/mol. The third kappa shape index (κ3) is 8.89. The van der Waals surface area contributed by atoms with Gasteiger partial charge in [-0.1, -0.05) is 81.1 Å². The maximum atomic E-state index is 4.53. The second-order valence-electron chi connectivity index (χ2n) is 9.10. The standard InChI is InChI=1S/C21H43/c1-10-19(16-21(9,11-2)12-3)18(5)14-13-17(4)15-20(6,7)8/h17-19H,5,10-16H2,1-4,6-9H3. The van der Waals surface area contributed by atoms with E-state index in [1.165, 1.54) is 44.9 Å². The van der Waals surface area contributed by atoms with Gasteiger partial charge in [-0.05, 0) is 54.8 Å². The van der Waals surface area contributed by atoms with E-state index in [9.17, 15) is 0 Å². The van der Waals surface area contributed by atoms with Crippen LogP contribution in [0.3, 0.4) is 0 Å². The van der Waals surface area contributed by atoms with Crippen LogP contribution in [0.5, 0.6) is 0 Å². The van der Waals surface area contributed by atoms with Crippen LogP contribution in [0.15, 0.2) is 0 Å². The minimum atomic E-state index is 0.462. The summed E-state index contributed by atoms with van der Waals surface area (Å²) in [5.41, 5.74) is 0.983. The van der Waals surface area contributed by atoms with E-state index in [4.69, 9.17) is 0 Å². The Bertz CT molecular complexity index is 254. The van der Waals surface area contributed by atoms with E-state index in [-0.39, 0.29) is 0 Å². The zero-order valence-electron chi connectivity index (χ0n) is 16.4. The number of hydrogen-bond acceptors (Lipinski definition) is 0. The highest BCUT2D eigenvalue weighted by molar-refractivity contribution is 4.81. The fraction of sp³-hybridized carbons (Fsp3) is 0.952. The summed E-state index contributed by atoms with van der Waals surface area (Å²) in [6.45, 7) is 23.5. The van der Waals surface area contributed by atoms with E-state index < -0.39 is 0 Å². The lowest BCUT2D eigenvalue weighted by Crippen LogP contribution is -2.23. The van der Waals surface area contributed by atoms with Gasteiger partial charge in [-0.25, -0.2) is 0 Å². The van der Waals surface area contributed by atoms with Crippen molar-refractivity contribution in [1.82, 2.24) is 0 Å². The largest absolute Gasteiger partial charge is 0.0651 e. The fourth-order valence-corrected chi connectivity index (χ4v) is 3.70. The van der Waals surface area contributed by atoms with Crippen molar-refractivity contribution in [2.75, 3.05) is 0 Å². The van der Waals surface area contributed by atoms with Gasteiger partial charge in [-0.2, -0.15) is 0 Å². The Morgan fingerprint density at radius 2 is 1.38 bits per heavy atom. The predicted octanol–water partition coefficient (Wildman–Crippen LogP) is 7.53. The molecule has 0 aliphatic carbocycles. The molecule has 0 saturated heterocycles. The van der Waals surface area contributed by atoms with Gasteiger partial charge in [0.15, 0.2) is 0 Å². The molecule has 0 rings (SSSR count). The number of rotatable bonds is 10. The summed E-state index contributed by atoms with van der Waals surface area (Å²) in [6, 6.07) is 0. The molecule has 0 aliphatic heterocycles. The van der Waals surface area contributed by atoms with E-state index in [1.54, 1.807) is 0 Å². The zero-order chi connectivity index (χ0) is 16.7. The zero-order valence-corrected chi connectivity index (χ0v) is 16.4. The molecule has 0 bridgehead atoms. The van der Waals surface area contributed by atoms with Gasteiger partial charge in [-0.3, -0.25) is 0 Å². The fourth-order valence-electron chi connectivity index (χ4n) is 3.70. The highest BCUT2D eigenvalue weighted by Gasteiger charge is 2.27. The Balaban J connectivity index is 4.37. The lowest BCUT2D eigenvalue weighted by Gasteiger charge is -2.34. The molecule has 0 aromatic heterocycles. The third-order valence-electron chi connectivity index (χ3n) is 5.64. The normalized spacial score (nSPS) is 17.6. The molecule has 0 aromatic rings. The van der Waals surface area contributed by atoms with Gasteiger partial charge in [-0.15, -0.1) is 0 Å². The Kier molecular flexibility index (Phi) is 9.21. The lowest BCUT2D eigenvalue weighted by molar-refractivity contribution is 0.177. The van der Waals surface area contributed by atoms with Crippen LogP contribution in [0.4, 0.5) is 0 Å². The molecule has 0 amide bonds. The van der Waals surface area contributed by atoms with Crippen LogP contribution >= 0.6 is 0 Å². The van der Waals surface area contributed by atoms with Crippen molar-refractivity contribution in [3.63, 3.8) is 0 Å². The van der Waals surface area contributed by atoms with E-state index in [2.05, 4.69) is 62.3 Å². The molecule has 0 N–H and O–H groups in total. The van der Waals surface area contributed by atoms with Gasteiger partial charge < -0.3 is 0 Å². The van der Waals surface area contributed by atoms with Gasteiger partial charge in [0, 0.05) is 0 Å². The molecule has 21 heavy (non-hydrogen) atoms. The van der Waals surface area contributed by atoms with Crippen molar-refractivity contribution in [1.29, 1.82) is 0 Å². The maximum absolute atomic E-state index is 4.53. The highest BCUT2D eigenvalue weighted by atomic mass is 14.3. The average molecular weight is 296 g/mol. The molecule has 0 spiro atoms. The quantitative estimate of drug-likeness (QED) is 0.390. The molecule has 3 unspecified atom stereocenters. The molecule has 0 heterocycles. The average Bonchev–Trinajstić information content (AvgIpc) is 2.40. The lowest BCUT2D eigenvalue weighted by atomic mass is 9.71. The summed E-state index contributed by atoms with van der Waals surface area (Å²) in [4.78, 5) is 0. The van der Waals surface area contributed by atoms with Gasteiger partial charge in [0.25, 0.3) is 0 Å². The Hall–Kier alpha value is 0. The number of hydrogen-bond donors (Lipinski definition) is 0. The van der Waals surface area contributed by atoms with E-state index in [0.29, 0.717) is 16.7 Å². The smallest absolute Gasteiger partial charge is 0.0328 e. The summed E-state index contributed by atoms with van der Waals surface area (Å²) in [6.07, 6.45) is 9.23. The second kappa shape index (κ2) is 9.21. The molecule has 0 aliphatic rings. The second-order valence-corrected chi connectivity index (χ2v) is 9.10. The van der Waals surface area contributed by atoms with Crippen molar-refractivity contribution in [3.05, 3.63) is 6.92 Å². The van der Waals surface area contributed by atoms with Crippen LogP contribution in [0.2, 0.25) is 0 Å². The molecule has 0 aromatic carbocycles. The molecule has 0 nitrogen and oxygen atoms in total. The van der Waals surface area contributed by atoms with Crippen molar-refractivity contribution in [2.24, 2.45) is 28.6 Å². The first-order valence-corrected chi connectivity index (χ1v) is 9.40. The van der Waals surface area contributed by atoms with Gasteiger partial charge in [0.1, 0.15) is 0 Å². The van der Waals surface area contributed by atoms with Crippen LogP contribution in [0.1, 0.15) is 100 Å². The summed E-state index contributed by atoms with van der Waals surface area (Å²) in [5.74, 6) is 2.27. The van der Waals surface area contributed by atoms with Crippen molar-refractivity contribution < 1.29 is 0 Å². The maximum Gasteiger partial charge on any atom is -0.0328 e. The molecular formula is C21H43. The summed E-state index contributed by atoms with van der Waals surface area (Å²) in [7, 11) is 0. The highest BCUT2D eigenvalue weighted by Crippen LogP contribution is 2.38. The molecule has 127 valence electrons. The van der Waals surface area contributed by atoms with Gasteiger partial charge in [0.2, 0.25) is 0 Å². The molecular weight excluding hydrogens is 252 g/mol. The Labute approximate surface area is 136 Å². The van der Waals surface area contributed by atoms with Crippen LogP contribution in [0.25, 0.3) is 0 Å². The first-order chi connectivity index (χ1) is 9.56. The van der Waals surface area contributed by atoms with Crippen LogP contribution in [-0.2, 0) is 0 Å². The van der Waals surface area contributed by atoms with Crippen molar-refractivity contribution in [3.8, 4) is 0 Å². The SMILES string of the molecule is [CH2]C(CCC(C)CC(C)(C)C)C(CC)CC(C)(CC)CC. The van der Waals surface area contributed by atoms with Gasteiger partial charge in [0.05, 0.1) is 0 Å². The first-order valence-electron chi connectivity index (χ1n) is 9.40. The Morgan fingerprint density at radius 1 is 0.857 bits per heavy atom. The third-order valence-corrected chi connectivity index (χ3v) is 5.64. The molecule has 3 atom stereocenters. The van der Waals surface area contributed by atoms with E-state index >= 15 is 0 Å². The summed E-state index contributed by atoms with van der Waals surface area (Å²) in [5, 5.41) is 0.